The van der Waals surface area contributed by atoms with Gasteiger partial charge in [0.25, 0.3) is 5.56 Å². The number of carbonyl (C=O) groups is 1. The van der Waals surface area contributed by atoms with E-state index in [9.17, 15) is 9.59 Å². The molecule has 0 aliphatic carbocycles. The summed E-state index contributed by atoms with van der Waals surface area (Å²) in [5.41, 5.74) is 1.42. The van der Waals surface area contributed by atoms with Gasteiger partial charge in [0, 0.05) is 17.1 Å². The molecule has 0 atom stereocenters. The summed E-state index contributed by atoms with van der Waals surface area (Å²) >= 11 is 0. The van der Waals surface area contributed by atoms with Crippen molar-refractivity contribution < 1.29 is 9.90 Å². The van der Waals surface area contributed by atoms with Crippen molar-refractivity contribution in [1.29, 1.82) is 0 Å². The first kappa shape index (κ1) is 12.0. The van der Waals surface area contributed by atoms with Gasteiger partial charge in [-0.2, -0.15) is 5.10 Å². The Morgan fingerprint density at radius 1 is 1.15 bits per heavy atom. The standard InChI is InChI=1S/C14H9N3O3/c18-13-12-10(2-1-7-15-12)11(16-17-13)8-3-5-9(6-4-8)14(19)20/h1-7H,(H,17,18)(H,19,20). The highest BCUT2D eigenvalue weighted by Crippen LogP contribution is 2.23. The number of rotatable bonds is 2. The van der Waals surface area contributed by atoms with E-state index in [0.29, 0.717) is 22.2 Å². The normalized spacial score (nSPS) is 10.6. The zero-order valence-corrected chi connectivity index (χ0v) is 10.2. The second kappa shape index (κ2) is 4.58. The van der Waals surface area contributed by atoms with Gasteiger partial charge in [-0.15, -0.1) is 0 Å². The minimum Gasteiger partial charge on any atom is -0.478 e. The molecular weight excluding hydrogens is 258 g/mol. The Bertz CT molecular complexity index is 853. The average Bonchev–Trinajstić information content (AvgIpc) is 2.48. The second-order valence-corrected chi connectivity index (χ2v) is 4.18. The Morgan fingerprint density at radius 2 is 1.90 bits per heavy atom. The van der Waals surface area contributed by atoms with E-state index < -0.39 is 5.97 Å². The molecule has 98 valence electrons. The van der Waals surface area contributed by atoms with E-state index in [-0.39, 0.29) is 11.1 Å². The topological polar surface area (TPSA) is 95.9 Å². The number of benzene rings is 1. The Balaban J connectivity index is 2.22. The third-order valence-corrected chi connectivity index (χ3v) is 2.95. The minimum absolute atomic E-state index is 0.195. The van der Waals surface area contributed by atoms with Crippen LogP contribution < -0.4 is 5.56 Å². The first-order valence-electron chi connectivity index (χ1n) is 5.84. The largest absolute Gasteiger partial charge is 0.478 e. The zero-order chi connectivity index (χ0) is 14.1. The summed E-state index contributed by atoms with van der Waals surface area (Å²) in [6.07, 6.45) is 1.54. The number of aromatic nitrogens is 3. The van der Waals surface area contributed by atoms with E-state index in [2.05, 4.69) is 15.2 Å². The van der Waals surface area contributed by atoms with Crippen LogP contribution in [0.25, 0.3) is 22.2 Å². The maximum Gasteiger partial charge on any atom is 0.335 e. The number of nitrogens with zero attached hydrogens (tertiary/aromatic N) is 2. The smallest absolute Gasteiger partial charge is 0.335 e. The van der Waals surface area contributed by atoms with E-state index in [1.165, 1.54) is 18.3 Å². The fourth-order valence-corrected chi connectivity index (χ4v) is 1.99. The SMILES string of the molecule is O=C(O)c1ccc(-c2n[nH]c(=O)c3ncccc23)cc1. The average molecular weight is 267 g/mol. The van der Waals surface area contributed by atoms with Gasteiger partial charge in [-0.05, 0) is 24.3 Å². The summed E-state index contributed by atoms with van der Waals surface area (Å²) < 4.78 is 0. The minimum atomic E-state index is -0.988. The van der Waals surface area contributed by atoms with Gasteiger partial charge in [0.15, 0.2) is 0 Å². The number of pyridine rings is 1. The Labute approximate surface area is 112 Å². The monoisotopic (exact) mass is 267 g/mol. The van der Waals surface area contributed by atoms with Gasteiger partial charge >= 0.3 is 5.97 Å². The summed E-state index contributed by atoms with van der Waals surface area (Å²) in [6.45, 7) is 0. The molecule has 2 N–H and O–H groups in total. The van der Waals surface area contributed by atoms with E-state index in [1.807, 2.05) is 0 Å². The van der Waals surface area contributed by atoms with E-state index in [0.717, 1.165) is 0 Å². The first-order valence-corrected chi connectivity index (χ1v) is 5.84. The Hall–Kier alpha value is -3.02. The van der Waals surface area contributed by atoms with Crippen LogP contribution in [-0.2, 0) is 0 Å². The van der Waals surface area contributed by atoms with Crippen LogP contribution in [0, 0.1) is 0 Å². The van der Waals surface area contributed by atoms with Crippen molar-refractivity contribution >= 4 is 16.9 Å². The Kier molecular flexibility index (Phi) is 2.76. The first-order chi connectivity index (χ1) is 9.66. The molecule has 0 aliphatic heterocycles. The number of aromatic carboxylic acids is 1. The van der Waals surface area contributed by atoms with Crippen molar-refractivity contribution in [2.75, 3.05) is 0 Å². The number of aromatic amines is 1. The third kappa shape index (κ3) is 1.93. The Morgan fingerprint density at radius 3 is 2.60 bits per heavy atom. The molecule has 2 aromatic heterocycles. The molecule has 0 amide bonds. The fourth-order valence-electron chi connectivity index (χ4n) is 1.99. The fraction of sp³-hybridized carbons (Fsp3) is 0. The maximum absolute atomic E-state index is 11.6. The van der Waals surface area contributed by atoms with Crippen LogP contribution in [0.3, 0.4) is 0 Å². The van der Waals surface area contributed by atoms with Crippen molar-refractivity contribution in [3.63, 3.8) is 0 Å². The zero-order valence-electron chi connectivity index (χ0n) is 10.2. The molecule has 1 aromatic carbocycles. The molecule has 6 heteroatoms. The molecule has 0 saturated carbocycles. The number of H-pyrrole nitrogens is 1. The molecule has 20 heavy (non-hydrogen) atoms. The molecule has 6 nitrogen and oxygen atoms in total. The van der Waals surface area contributed by atoms with E-state index >= 15 is 0 Å². The molecule has 0 fully saturated rings. The molecule has 2 heterocycles. The van der Waals surface area contributed by atoms with Gasteiger partial charge in [-0.25, -0.2) is 9.89 Å². The number of fused-ring (bicyclic) bond motifs is 1. The van der Waals surface area contributed by atoms with Crippen LogP contribution >= 0.6 is 0 Å². The predicted octanol–water partition coefficient (Wildman–Crippen LogP) is 1.68. The quantitative estimate of drug-likeness (QED) is 0.736. The molecule has 3 aromatic rings. The molecule has 0 unspecified atom stereocenters. The summed E-state index contributed by atoms with van der Waals surface area (Å²) in [5.74, 6) is -0.988. The van der Waals surface area contributed by atoms with Gasteiger partial charge < -0.3 is 5.11 Å². The lowest BCUT2D eigenvalue weighted by atomic mass is 10.1. The summed E-state index contributed by atoms with van der Waals surface area (Å²) in [6, 6.07) is 9.76. The second-order valence-electron chi connectivity index (χ2n) is 4.18. The highest BCUT2D eigenvalue weighted by Gasteiger charge is 2.10. The highest BCUT2D eigenvalue weighted by molar-refractivity contribution is 5.92. The van der Waals surface area contributed by atoms with Crippen LogP contribution in [0.4, 0.5) is 0 Å². The summed E-state index contributed by atoms with van der Waals surface area (Å²) in [5, 5.41) is 15.9. The van der Waals surface area contributed by atoms with Crippen LogP contribution in [-0.4, -0.2) is 26.3 Å². The molecular formula is C14H9N3O3. The highest BCUT2D eigenvalue weighted by atomic mass is 16.4. The van der Waals surface area contributed by atoms with Gasteiger partial charge in [0.05, 0.1) is 5.56 Å². The lowest BCUT2D eigenvalue weighted by Gasteiger charge is -2.04. The van der Waals surface area contributed by atoms with Crippen molar-refractivity contribution in [3.8, 4) is 11.3 Å². The molecule has 0 spiro atoms. The molecule has 0 aliphatic rings. The molecule has 0 bridgehead atoms. The predicted molar refractivity (Wildman–Crippen MR) is 72.6 cm³/mol. The number of hydrogen-bond donors (Lipinski definition) is 2. The van der Waals surface area contributed by atoms with Crippen molar-refractivity contribution in [2.24, 2.45) is 0 Å². The lowest BCUT2D eigenvalue weighted by Crippen LogP contribution is -2.10. The molecule has 0 saturated heterocycles. The number of nitrogens with one attached hydrogen (secondary N) is 1. The molecule has 3 rings (SSSR count). The van der Waals surface area contributed by atoms with E-state index in [4.69, 9.17) is 5.11 Å². The third-order valence-electron chi connectivity index (χ3n) is 2.95. The van der Waals surface area contributed by atoms with Crippen LogP contribution in [0.5, 0.6) is 0 Å². The number of carboxylic acid groups (broad SMARTS) is 1. The lowest BCUT2D eigenvalue weighted by molar-refractivity contribution is 0.0697. The van der Waals surface area contributed by atoms with Crippen LogP contribution in [0.1, 0.15) is 10.4 Å². The molecule has 0 radical (unpaired) electrons. The van der Waals surface area contributed by atoms with E-state index in [1.54, 1.807) is 24.3 Å². The summed E-state index contributed by atoms with van der Waals surface area (Å²) in [4.78, 5) is 26.5. The number of carboxylic acids is 1. The van der Waals surface area contributed by atoms with Gasteiger partial charge in [0.1, 0.15) is 11.2 Å². The van der Waals surface area contributed by atoms with Crippen molar-refractivity contribution in [3.05, 3.63) is 58.5 Å². The number of hydrogen-bond acceptors (Lipinski definition) is 4. The maximum atomic E-state index is 11.6. The summed E-state index contributed by atoms with van der Waals surface area (Å²) in [7, 11) is 0. The van der Waals surface area contributed by atoms with Crippen molar-refractivity contribution in [1.82, 2.24) is 15.2 Å². The van der Waals surface area contributed by atoms with Gasteiger partial charge in [0.2, 0.25) is 0 Å². The van der Waals surface area contributed by atoms with Crippen molar-refractivity contribution in [2.45, 2.75) is 0 Å². The van der Waals surface area contributed by atoms with Gasteiger partial charge in [-0.3, -0.25) is 9.78 Å². The van der Waals surface area contributed by atoms with Crippen LogP contribution in [0.15, 0.2) is 47.4 Å². The van der Waals surface area contributed by atoms with Gasteiger partial charge in [-0.1, -0.05) is 12.1 Å². The van der Waals surface area contributed by atoms with Crippen LogP contribution in [0.2, 0.25) is 0 Å².